The van der Waals surface area contributed by atoms with Crippen LogP contribution in [-0.2, 0) is 20.2 Å². The highest BCUT2D eigenvalue weighted by molar-refractivity contribution is 7.89. The van der Waals surface area contributed by atoms with E-state index in [-0.39, 0.29) is 10.4 Å². The van der Waals surface area contributed by atoms with Gasteiger partial charge in [-0.3, -0.25) is 10.2 Å². The van der Waals surface area contributed by atoms with Crippen molar-refractivity contribution in [2.75, 3.05) is 6.61 Å². The molecule has 2 aromatic carbocycles. The van der Waals surface area contributed by atoms with Crippen molar-refractivity contribution in [3.8, 4) is 5.75 Å². The second-order valence-electron chi connectivity index (χ2n) is 6.79. The van der Waals surface area contributed by atoms with Crippen LogP contribution in [0.3, 0.4) is 0 Å². The number of amides is 1. The molecule has 0 unspecified atom stereocenters. The number of hydrogen-bond acceptors (Lipinski definition) is 4. The molecule has 0 aliphatic rings. The Morgan fingerprint density at radius 2 is 1.78 bits per heavy atom. The van der Waals surface area contributed by atoms with Crippen LogP contribution in [0.2, 0.25) is 5.02 Å². The molecule has 0 fully saturated rings. The molecule has 0 aliphatic carbocycles. The van der Waals surface area contributed by atoms with E-state index >= 15 is 0 Å². The molecule has 2 N–H and O–H groups in total. The minimum absolute atomic E-state index is 0.00881. The van der Waals surface area contributed by atoms with Gasteiger partial charge < -0.3 is 4.74 Å². The van der Waals surface area contributed by atoms with Crippen molar-refractivity contribution in [1.29, 1.82) is 0 Å². The number of sulfonamides is 1. The molecule has 0 radical (unpaired) electrons. The molecule has 2 aromatic rings. The number of carbonyl (C=O) groups excluding carboxylic acids is 1. The number of halogens is 2. The Hall–Kier alpha value is -2.16. The van der Waals surface area contributed by atoms with Gasteiger partial charge in [0.2, 0.25) is 0 Å². The molecule has 0 bridgehead atoms. The molecule has 6 nitrogen and oxygen atoms in total. The Kier molecular flexibility index (Phi) is 6.46. The van der Waals surface area contributed by atoms with Crippen molar-refractivity contribution >= 4 is 27.5 Å². The predicted molar refractivity (Wildman–Crippen MR) is 101 cm³/mol. The highest BCUT2D eigenvalue weighted by Gasteiger charge is 2.20. The quantitative estimate of drug-likeness (QED) is 0.711. The third kappa shape index (κ3) is 5.92. The smallest absolute Gasteiger partial charge is 0.272 e. The molecule has 0 atom stereocenters. The zero-order valence-electron chi connectivity index (χ0n) is 15.0. The van der Waals surface area contributed by atoms with Crippen molar-refractivity contribution < 1.29 is 22.3 Å². The van der Waals surface area contributed by atoms with Crippen molar-refractivity contribution in [2.45, 2.75) is 31.1 Å². The Labute approximate surface area is 162 Å². The normalized spacial score (nSPS) is 11.9. The molecule has 0 aromatic heterocycles. The molecular formula is C18H20ClFN2O4S. The number of hydrazine groups is 1. The van der Waals surface area contributed by atoms with Crippen LogP contribution >= 0.6 is 11.6 Å². The number of benzene rings is 2. The van der Waals surface area contributed by atoms with Crippen LogP contribution in [0.1, 0.15) is 26.3 Å². The van der Waals surface area contributed by atoms with Gasteiger partial charge in [-0.05, 0) is 41.3 Å². The molecule has 9 heteroatoms. The minimum atomic E-state index is -4.28. The van der Waals surface area contributed by atoms with Crippen LogP contribution < -0.4 is 15.0 Å². The van der Waals surface area contributed by atoms with Gasteiger partial charge in [0.15, 0.2) is 6.61 Å². The van der Waals surface area contributed by atoms with Crippen molar-refractivity contribution in [3.63, 3.8) is 0 Å². The summed E-state index contributed by atoms with van der Waals surface area (Å²) in [5, 5.41) is 0.0568. The summed E-state index contributed by atoms with van der Waals surface area (Å²) in [7, 11) is -4.28. The third-order valence-electron chi connectivity index (χ3n) is 3.60. The SMILES string of the molecule is CC(C)(C)c1ccc(OCC(=O)NNS(=O)(=O)c2ccc(Cl)cc2F)cc1. The number of ether oxygens (including phenoxy) is 1. The van der Waals surface area contributed by atoms with E-state index in [0.29, 0.717) is 5.75 Å². The van der Waals surface area contributed by atoms with Crippen molar-refractivity contribution in [2.24, 2.45) is 0 Å². The lowest BCUT2D eigenvalue weighted by atomic mass is 9.87. The number of hydrogen-bond donors (Lipinski definition) is 2. The van der Waals surface area contributed by atoms with E-state index in [4.69, 9.17) is 16.3 Å². The molecule has 0 saturated carbocycles. The first-order valence-corrected chi connectivity index (χ1v) is 9.84. The molecule has 1 amide bonds. The summed E-state index contributed by atoms with van der Waals surface area (Å²) < 4.78 is 43.1. The fourth-order valence-electron chi connectivity index (χ4n) is 2.11. The average Bonchev–Trinajstić information content (AvgIpc) is 2.57. The zero-order chi connectivity index (χ0) is 20.2. The number of rotatable bonds is 6. The van der Waals surface area contributed by atoms with E-state index in [1.807, 2.05) is 22.4 Å². The lowest BCUT2D eigenvalue weighted by Crippen LogP contribution is -2.43. The van der Waals surface area contributed by atoms with Crippen molar-refractivity contribution in [3.05, 3.63) is 58.9 Å². The van der Waals surface area contributed by atoms with Gasteiger partial charge >= 0.3 is 0 Å². The topological polar surface area (TPSA) is 84.5 Å². The molecule has 0 saturated heterocycles. The molecule has 0 spiro atoms. The maximum atomic E-state index is 13.7. The van der Waals surface area contributed by atoms with Crippen LogP contribution in [0.25, 0.3) is 0 Å². The lowest BCUT2D eigenvalue weighted by molar-refractivity contribution is -0.123. The fraction of sp³-hybridized carbons (Fsp3) is 0.278. The monoisotopic (exact) mass is 414 g/mol. The van der Waals surface area contributed by atoms with E-state index in [0.717, 1.165) is 17.7 Å². The summed E-state index contributed by atoms with van der Waals surface area (Å²) in [5.41, 5.74) is 3.07. The Bertz CT molecular complexity index is 925. The van der Waals surface area contributed by atoms with Crippen LogP contribution in [-0.4, -0.2) is 20.9 Å². The maximum Gasteiger partial charge on any atom is 0.272 e. The first kappa shape index (κ1) is 21.1. The standard InChI is InChI=1S/C18H20ClFN2O4S/c1-18(2,3)12-4-7-14(8-5-12)26-11-17(23)21-22-27(24,25)16-9-6-13(19)10-15(16)20/h4-10,22H,11H2,1-3H3,(H,21,23). The van der Waals surface area contributed by atoms with Gasteiger partial charge in [-0.2, -0.15) is 0 Å². The molecule has 0 aliphatic heterocycles. The van der Waals surface area contributed by atoms with Gasteiger partial charge in [-0.1, -0.05) is 44.5 Å². The molecule has 0 heterocycles. The van der Waals surface area contributed by atoms with Gasteiger partial charge in [-0.15, -0.1) is 4.83 Å². The first-order chi connectivity index (χ1) is 12.5. The highest BCUT2D eigenvalue weighted by atomic mass is 35.5. The second kappa shape index (κ2) is 8.24. The average molecular weight is 415 g/mol. The lowest BCUT2D eigenvalue weighted by Gasteiger charge is -2.19. The van der Waals surface area contributed by atoms with Crippen LogP contribution in [0, 0.1) is 5.82 Å². The Morgan fingerprint density at radius 1 is 1.15 bits per heavy atom. The summed E-state index contributed by atoms with van der Waals surface area (Å²) >= 11 is 5.59. The van der Waals surface area contributed by atoms with Crippen LogP contribution in [0.5, 0.6) is 5.75 Å². The van der Waals surface area contributed by atoms with Gasteiger partial charge in [0.05, 0.1) is 0 Å². The summed E-state index contributed by atoms with van der Waals surface area (Å²) in [6.45, 7) is 5.81. The predicted octanol–water partition coefficient (Wildman–Crippen LogP) is 3.17. The molecular weight excluding hydrogens is 395 g/mol. The molecule has 2 rings (SSSR count). The van der Waals surface area contributed by atoms with Gasteiger partial charge in [0, 0.05) is 5.02 Å². The summed E-state index contributed by atoms with van der Waals surface area (Å²) in [6, 6.07) is 10.3. The molecule has 27 heavy (non-hydrogen) atoms. The number of nitrogens with one attached hydrogen (secondary N) is 2. The van der Waals surface area contributed by atoms with Gasteiger partial charge in [0.25, 0.3) is 15.9 Å². The van der Waals surface area contributed by atoms with E-state index < -0.39 is 33.3 Å². The Balaban J connectivity index is 1.90. The maximum absolute atomic E-state index is 13.7. The number of carbonyl (C=O) groups is 1. The minimum Gasteiger partial charge on any atom is -0.484 e. The van der Waals surface area contributed by atoms with Crippen LogP contribution in [0.4, 0.5) is 4.39 Å². The van der Waals surface area contributed by atoms with E-state index in [1.165, 1.54) is 6.07 Å². The van der Waals surface area contributed by atoms with E-state index in [2.05, 4.69) is 20.8 Å². The zero-order valence-corrected chi connectivity index (χ0v) is 16.6. The second-order valence-corrected chi connectivity index (χ2v) is 8.88. The van der Waals surface area contributed by atoms with E-state index in [1.54, 1.807) is 12.1 Å². The van der Waals surface area contributed by atoms with Crippen molar-refractivity contribution in [1.82, 2.24) is 10.3 Å². The summed E-state index contributed by atoms with van der Waals surface area (Å²) in [4.78, 5) is 13.0. The summed E-state index contributed by atoms with van der Waals surface area (Å²) in [5.74, 6) is -1.31. The highest BCUT2D eigenvalue weighted by Crippen LogP contribution is 2.24. The van der Waals surface area contributed by atoms with E-state index in [9.17, 15) is 17.6 Å². The van der Waals surface area contributed by atoms with Gasteiger partial charge in [0.1, 0.15) is 16.5 Å². The summed E-state index contributed by atoms with van der Waals surface area (Å²) in [6.07, 6.45) is 0. The third-order valence-corrected chi connectivity index (χ3v) is 5.11. The fourth-order valence-corrected chi connectivity index (χ4v) is 3.19. The first-order valence-electron chi connectivity index (χ1n) is 7.98. The Morgan fingerprint density at radius 3 is 2.33 bits per heavy atom. The largest absolute Gasteiger partial charge is 0.484 e. The molecule has 146 valence electrons. The van der Waals surface area contributed by atoms with Crippen LogP contribution in [0.15, 0.2) is 47.4 Å². The van der Waals surface area contributed by atoms with Gasteiger partial charge in [-0.25, -0.2) is 12.8 Å².